The molecule has 0 bridgehead atoms. The Bertz CT molecular complexity index is 1130. The first kappa shape index (κ1) is 22.1. The molecule has 2 N–H and O–H groups in total. The molecule has 0 radical (unpaired) electrons. The third-order valence-corrected chi connectivity index (χ3v) is 7.59. The Hall–Kier alpha value is -2.24. The van der Waals surface area contributed by atoms with Gasteiger partial charge in [0, 0.05) is 7.05 Å². The lowest BCUT2D eigenvalue weighted by atomic mass is 10.2. The van der Waals surface area contributed by atoms with Crippen molar-refractivity contribution >= 4 is 26.0 Å². The molecule has 0 aliphatic heterocycles. The van der Waals surface area contributed by atoms with Gasteiger partial charge in [0.05, 0.1) is 22.3 Å². The van der Waals surface area contributed by atoms with E-state index >= 15 is 0 Å². The molecule has 154 valence electrons. The van der Waals surface area contributed by atoms with Crippen molar-refractivity contribution in [2.75, 3.05) is 0 Å². The fourth-order valence-electron chi connectivity index (χ4n) is 2.86. The lowest BCUT2D eigenvalue weighted by Crippen LogP contribution is -2.46. The quantitative estimate of drug-likeness (QED) is 0.701. The Morgan fingerprint density at radius 2 is 1.68 bits per heavy atom. The predicted octanol–water partition coefficient (Wildman–Crippen LogP) is 0.826. The lowest BCUT2D eigenvalue weighted by Gasteiger charge is -2.16. The third-order valence-electron chi connectivity index (χ3n) is 4.29. The van der Waals surface area contributed by atoms with Crippen molar-refractivity contribution in [3.8, 4) is 0 Å². The maximum absolute atomic E-state index is 12.6. The average Bonchev–Trinajstić information content (AvgIpc) is 2.78. The maximum Gasteiger partial charge on any atom is 0.264 e. The molecule has 1 aromatic heterocycles. The molecule has 11 heteroatoms. The van der Waals surface area contributed by atoms with E-state index in [2.05, 4.69) is 9.82 Å². The molecular weight excluding hydrogens is 404 g/mol. The van der Waals surface area contributed by atoms with Crippen LogP contribution in [0.3, 0.4) is 0 Å². The van der Waals surface area contributed by atoms with Gasteiger partial charge in [-0.05, 0) is 46.2 Å². The van der Waals surface area contributed by atoms with E-state index in [1.165, 1.54) is 24.6 Å². The van der Waals surface area contributed by atoms with Crippen LogP contribution in [0.4, 0.5) is 0 Å². The molecule has 1 atom stereocenters. The number of benzene rings is 1. The van der Waals surface area contributed by atoms with Gasteiger partial charge in [0.25, 0.3) is 15.9 Å². The highest BCUT2D eigenvalue weighted by molar-refractivity contribution is 7.90. The number of aryl methyl sites for hydroxylation is 4. The minimum absolute atomic E-state index is 0.0353. The van der Waals surface area contributed by atoms with Crippen LogP contribution in [-0.4, -0.2) is 38.6 Å². The van der Waals surface area contributed by atoms with E-state index in [-0.39, 0.29) is 15.5 Å². The number of sulfonamides is 2. The molecule has 2 rings (SSSR count). The molecular formula is C17H24N4O5S2. The summed E-state index contributed by atoms with van der Waals surface area (Å²) in [7, 11) is -6.60. The van der Waals surface area contributed by atoms with Crippen LogP contribution in [-0.2, 0) is 31.9 Å². The molecule has 1 heterocycles. The second kappa shape index (κ2) is 7.64. The average molecular weight is 429 g/mol. The predicted molar refractivity (Wildman–Crippen MR) is 104 cm³/mol. The van der Waals surface area contributed by atoms with Gasteiger partial charge in [0.1, 0.15) is 4.90 Å². The van der Waals surface area contributed by atoms with Gasteiger partial charge in [-0.2, -0.15) is 9.82 Å². The Labute approximate surface area is 165 Å². The van der Waals surface area contributed by atoms with Crippen molar-refractivity contribution in [2.24, 2.45) is 7.05 Å². The maximum atomic E-state index is 12.6. The van der Waals surface area contributed by atoms with Crippen molar-refractivity contribution in [1.29, 1.82) is 0 Å². The van der Waals surface area contributed by atoms with E-state index < -0.39 is 32.0 Å². The highest BCUT2D eigenvalue weighted by Gasteiger charge is 2.30. The minimum Gasteiger partial charge on any atom is -0.272 e. The molecule has 28 heavy (non-hydrogen) atoms. The molecule has 0 spiro atoms. The van der Waals surface area contributed by atoms with E-state index in [9.17, 15) is 21.6 Å². The van der Waals surface area contributed by atoms with Gasteiger partial charge in [-0.15, -0.1) is 0 Å². The van der Waals surface area contributed by atoms with Gasteiger partial charge in [-0.3, -0.25) is 9.48 Å². The first-order valence-corrected chi connectivity index (χ1v) is 11.4. The van der Waals surface area contributed by atoms with E-state index in [0.717, 1.165) is 5.56 Å². The Kier molecular flexibility index (Phi) is 6.02. The van der Waals surface area contributed by atoms with Crippen LogP contribution in [0.15, 0.2) is 28.0 Å². The first-order chi connectivity index (χ1) is 12.8. The highest BCUT2D eigenvalue weighted by Crippen LogP contribution is 2.19. The van der Waals surface area contributed by atoms with Gasteiger partial charge in [0.2, 0.25) is 10.0 Å². The molecule has 0 aliphatic carbocycles. The van der Waals surface area contributed by atoms with Crippen molar-refractivity contribution in [2.45, 2.75) is 50.5 Å². The van der Waals surface area contributed by atoms with Crippen LogP contribution in [0.5, 0.6) is 0 Å². The largest absolute Gasteiger partial charge is 0.272 e. The van der Waals surface area contributed by atoms with Crippen LogP contribution in [0.25, 0.3) is 0 Å². The Morgan fingerprint density at radius 1 is 1.07 bits per heavy atom. The fraction of sp³-hybridized carbons (Fsp3) is 0.412. The summed E-state index contributed by atoms with van der Waals surface area (Å²) in [6.45, 7) is 7.83. The second-order valence-corrected chi connectivity index (χ2v) is 10.0. The van der Waals surface area contributed by atoms with Gasteiger partial charge < -0.3 is 0 Å². The number of rotatable bonds is 6. The molecule has 0 unspecified atom stereocenters. The number of aromatic nitrogens is 2. The van der Waals surface area contributed by atoms with Gasteiger partial charge >= 0.3 is 0 Å². The highest BCUT2D eigenvalue weighted by atomic mass is 32.2. The van der Waals surface area contributed by atoms with Crippen LogP contribution in [0.2, 0.25) is 0 Å². The van der Waals surface area contributed by atoms with Gasteiger partial charge in [-0.1, -0.05) is 17.7 Å². The number of hydrogen-bond donors (Lipinski definition) is 2. The van der Waals surface area contributed by atoms with Crippen molar-refractivity contribution in [3.63, 3.8) is 0 Å². The van der Waals surface area contributed by atoms with Crippen LogP contribution in [0.1, 0.15) is 29.4 Å². The number of nitrogens with one attached hydrogen (secondary N) is 2. The molecule has 9 nitrogen and oxygen atoms in total. The van der Waals surface area contributed by atoms with Gasteiger partial charge in [0.15, 0.2) is 0 Å². The first-order valence-electron chi connectivity index (χ1n) is 8.42. The number of hydrogen-bond acceptors (Lipinski definition) is 6. The Morgan fingerprint density at radius 3 is 2.18 bits per heavy atom. The van der Waals surface area contributed by atoms with Crippen LogP contribution in [0, 0.1) is 27.7 Å². The molecule has 0 saturated heterocycles. The number of carbonyl (C=O) groups excluding carboxylic acids is 1. The van der Waals surface area contributed by atoms with Crippen LogP contribution >= 0.6 is 0 Å². The normalized spacial score (nSPS) is 13.4. The number of carbonyl (C=O) groups is 1. The summed E-state index contributed by atoms with van der Waals surface area (Å²) in [5, 5.41) is 4.05. The molecule has 0 aliphatic rings. The van der Waals surface area contributed by atoms with Crippen molar-refractivity contribution in [1.82, 2.24) is 19.2 Å². The van der Waals surface area contributed by atoms with Crippen molar-refractivity contribution < 1.29 is 21.6 Å². The summed E-state index contributed by atoms with van der Waals surface area (Å²) >= 11 is 0. The lowest BCUT2D eigenvalue weighted by molar-refractivity contribution is -0.120. The topological polar surface area (TPSA) is 127 Å². The van der Waals surface area contributed by atoms with Crippen molar-refractivity contribution in [3.05, 3.63) is 40.7 Å². The van der Waals surface area contributed by atoms with E-state index in [1.54, 1.807) is 33.0 Å². The molecule has 1 aromatic carbocycles. The molecule has 1 amide bonds. The summed E-state index contributed by atoms with van der Waals surface area (Å²) in [6.07, 6.45) is 0. The summed E-state index contributed by atoms with van der Waals surface area (Å²) in [6, 6.07) is 3.38. The number of nitrogens with zero attached hydrogens (tertiary/aromatic N) is 2. The smallest absolute Gasteiger partial charge is 0.264 e. The summed E-state index contributed by atoms with van der Waals surface area (Å²) in [5.74, 6) is -0.984. The minimum atomic E-state index is -4.14. The standard InChI is InChI=1S/C17H24N4O5S2/c1-10-7-8-15(11(2)9-10)27(23,24)20-17(22)13(4)19-28(25,26)16-12(3)18-21(6)14(16)5/h7-9,13,19H,1-6H3,(H,20,22)/t13-/m1/s1. The van der Waals surface area contributed by atoms with E-state index in [1.807, 2.05) is 11.6 Å². The zero-order chi connectivity index (χ0) is 21.4. The Balaban J connectivity index is 2.23. The zero-order valence-electron chi connectivity index (χ0n) is 16.6. The molecule has 0 fully saturated rings. The summed E-state index contributed by atoms with van der Waals surface area (Å²) in [5.41, 5.74) is 2.05. The fourth-order valence-corrected chi connectivity index (χ4v) is 5.79. The van der Waals surface area contributed by atoms with Gasteiger partial charge in [-0.25, -0.2) is 21.6 Å². The SMILES string of the molecule is Cc1ccc(S(=O)(=O)NC(=O)[C@@H](C)NS(=O)(=O)c2c(C)nn(C)c2C)c(C)c1. The van der Waals surface area contributed by atoms with E-state index in [0.29, 0.717) is 11.3 Å². The van der Waals surface area contributed by atoms with Crippen LogP contribution < -0.4 is 9.44 Å². The molecule has 2 aromatic rings. The summed E-state index contributed by atoms with van der Waals surface area (Å²) in [4.78, 5) is 12.3. The summed E-state index contributed by atoms with van der Waals surface area (Å²) < 4.78 is 55.8. The molecule has 0 saturated carbocycles. The second-order valence-electron chi connectivity index (χ2n) is 6.71. The third kappa shape index (κ3) is 4.42. The zero-order valence-corrected chi connectivity index (χ0v) is 18.2. The van der Waals surface area contributed by atoms with E-state index in [4.69, 9.17) is 0 Å². The number of amides is 1. The monoisotopic (exact) mass is 428 g/mol.